The molecule has 0 bridgehead atoms. The molecule has 0 atom stereocenters. The van der Waals surface area contributed by atoms with Crippen LogP contribution in [0.1, 0.15) is 45.2 Å². The maximum Gasteiger partial charge on any atom is 0.202 e. The van der Waals surface area contributed by atoms with Gasteiger partial charge in [-0.05, 0) is 20.3 Å². The summed E-state index contributed by atoms with van der Waals surface area (Å²) in [5.74, 6) is 0.615. The number of nitrogen functional groups attached to an aromatic ring is 1. The third kappa shape index (κ3) is 2.21. The van der Waals surface area contributed by atoms with Gasteiger partial charge in [-0.25, -0.2) is 9.67 Å². The fraction of sp³-hybridized carbons (Fsp3) is 0.692. The van der Waals surface area contributed by atoms with E-state index in [0.29, 0.717) is 5.95 Å². The molecular formula is C13H23N5. The van der Waals surface area contributed by atoms with Crippen LogP contribution >= 0.6 is 0 Å². The first kappa shape index (κ1) is 12.9. The number of unbranched alkanes of at least 4 members (excludes halogenated alkanes) is 3. The number of anilines is 1. The van der Waals surface area contributed by atoms with E-state index in [4.69, 9.17) is 5.73 Å². The quantitative estimate of drug-likeness (QED) is 0.801. The van der Waals surface area contributed by atoms with Crippen LogP contribution in [0.3, 0.4) is 0 Å². The maximum atomic E-state index is 6.02. The molecule has 5 nitrogen and oxygen atoms in total. The van der Waals surface area contributed by atoms with Gasteiger partial charge in [-0.2, -0.15) is 5.10 Å². The van der Waals surface area contributed by atoms with Gasteiger partial charge in [0.1, 0.15) is 5.52 Å². The molecule has 0 aromatic carbocycles. The average Bonchev–Trinajstić information content (AvgIpc) is 2.83. The first-order chi connectivity index (χ1) is 8.69. The second-order valence-electron chi connectivity index (χ2n) is 4.76. The van der Waals surface area contributed by atoms with E-state index in [0.717, 1.165) is 36.4 Å². The Morgan fingerprint density at radius 3 is 2.61 bits per heavy atom. The summed E-state index contributed by atoms with van der Waals surface area (Å²) < 4.78 is 4.10. The summed E-state index contributed by atoms with van der Waals surface area (Å²) in [6.07, 6.45) is 4.93. The Hall–Kier alpha value is -1.52. The Labute approximate surface area is 108 Å². The molecule has 0 aliphatic heterocycles. The fourth-order valence-corrected chi connectivity index (χ4v) is 2.38. The lowest BCUT2D eigenvalue weighted by Crippen LogP contribution is -2.08. The summed E-state index contributed by atoms with van der Waals surface area (Å²) in [5.41, 5.74) is 9.00. The molecule has 2 aromatic rings. The van der Waals surface area contributed by atoms with Crippen LogP contribution < -0.4 is 5.73 Å². The third-order valence-corrected chi connectivity index (χ3v) is 3.36. The van der Waals surface area contributed by atoms with Gasteiger partial charge in [-0.3, -0.25) is 4.57 Å². The summed E-state index contributed by atoms with van der Waals surface area (Å²) >= 11 is 0. The molecule has 0 saturated heterocycles. The van der Waals surface area contributed by atoms with E-state index in [-0.39, 0.29) is 0 Å². The highest BCUT2D eigenvalue weighted by atomic mass is 15.4. The van der Waals surface area contributed by atoms with Gasteiger partial charge in [0.25, 0.3) is 0 Å². The standard InChI is InChI=1S/C13H23N5/c1-4-6-7-8-9-17-12-11(15-13(17)14)10(3)16-18(12)5-2/h4-9H2,1-3H3,(H2,14,15). The van der Waals surface area contributed by atoms with Crippen LogP contribution in [-0.4, -0.2) is 19.3 Å². The Morgan fingerprint density at radius 2 is 1.94 bits per heavy atom. The Kier molecular flexibility index (Phi) is 3.89. The zero-order valence-corrected chi connectivity index (χ0v) is 11.6. The molecular weight excluding hydrogens is 226 g/mol. The van der Waals surface area contributed by atoms with E-state index >= 15 is 0 Å². The SMILES string of the molecule is CCCCCCn1c(N)nc2c(C)nn(CC)c21. The number of aromatic nitrogens is 4. The van der Waals surface area contributed by atoms with Crippen molar-refractivity contribution in [2.24, 2.45) is 0 Å². The van der Waals surface area contributed by atoms with Crippen LogP contribution in [-0.2, 0) is 13.1 Å². The summed E-state index contributed by atoms with van der Waals surface area (Å²) in [5, 5.41) is 4.49. The zero-order chi connectivity index (χ0) is 13.1. The van der Waals surface area contributed by atoms with Gasteiger partial charge in [-0.1, -0.05) is 26.2 Å². The van der Waals surface area contributed by atoms with Crippen LogP contribution in [0.2, 0.25) is 0 Å². The molecule has 100 valence electrons. The lowest BCUT2D eigenvalue weighted by Gasteiger charge is -2.07. The van der Waals surface area contributed by atoms with Crippen molar-refractivity contribution < 1.29 is 0 Å². The smallest absolute Gasteiger partial charge is 0.202 e. The molecule has 2 aromatic heterocycles. The summed E-state index contributed by atoms with van der Waals surface area (Å²) in [6, 6.07) is 0. The first-order valence-electron chi connectivity index (χ1n) is 6.88. The highest BCUT2D eigenvalue weighted by Gasteiger charge is 2.15. The van der Waals surface area contributed by atoms with Crippen molar-refractivity contribution in [1.29, 1.82) is 0 Å². The van der Waals surface area contributed by atoms with E-state index in [2.05, 4.69) is 28.5 Å². The first-order valence-corrected chi connectivity index (χ1v) is 6.88. The molecule has 0 unspecified atom stereocenters. The van der Waals surface area contributed by atoms with Crippen molar-refractivity contribution in [2.45, 2.75) is 59.5 Å². The predicted octanol–water partition coefficient (Wildman–Crippen LogP) is 2.72. The summed E-state index contributed by atoms with van der Waals surface area (Å²) in [7, 11) is 0. The molecule has 2 heterocycles. The van der Waals surface area contributed by atoms with Crippen LogP contribution in [0, 0.1) is 6.92 Å². The van der Waals surface area contributed by atoms with Crippen LogP contribution in [0.4, 0.5) is 5.95 Å². The van der Waals surface area contributed by atoms with Crippen molar-refractivity contribution in [3.63, 3.8) is 0 Å². The molecule has 2 N–H and O–H groups in total. The van der Waals surface area contributed by atoms with Crippen molar-refractivity contribution in [3.05, 3.63) is 5.69 Å². The number of imidazole rings is 1. The third-order valence-electron chi connectivity index (χ3n) is 3.36. The number of hydrogen-bond donors (Lipinski definition) is 1. The number of nitrogens with two attached hydrogens (primary N) is 1. The average molecular weight is 249 g/mol. The highest BCUT2D eigenvalue weighted by molar-refractivity contribution is 5.77. The minimum Gasteiger partial charge on any atom is -0.369 e. The van der Waals surface area contributed by atoms with Gasteiger partial charge in [0.05, 0.1) is 5.69 Å². The second-order valence-corrected chi connectivity index (χ2v) is 4.76. The van der Waals surface area contributed by atoms with Crippen molar-refractivity contribution in [3.8, 4) is 0 Å². The Morgan fingerprint density at radius 1 is 1.17 bits per heavy atom. The van der Waals surface area contributed by atoms with Crippen LogP contribution in [0.5, 0.6) is 0 Å². The van der Waals surface area contributed by atoms with Gasteiger partial charge >= 0.3 is 0 Å². The number of nitrogens with zero attached hydrogens (tertiary/aromatic N) is 4. The maximum absolute atomic E-state index is 6.02. The van der Waals surface area contributed by atoms with Crippen molar-refractivity contribution in [2.75, 3.05) is 5.73 Å². The molecule has 0 spiro atoms. The largest absolute Gasteiger partial charge is 0.369 e. The monoisotopic (exact) mass is 249 g/mol. The highest BCUT2D eigenvalue weighted by Crippen LogP contribution is 2.21. The van der Waals surface area contributed by atoms with E-state index in [1.165, 1.54) is 19.3 Å². The van der Waals surface area contributed by atoms with Gasteiger partial charge in [0, 0.05) is 13.1 Å². The molecule has 5 heteroatoms. The topological polar surface area (TPSA) is 61.7 Å². The normalized spacial score (nSPS) is 11.5. The second kappa shape index (κ2) is 5.42. The minimum absolute atomic E-state index is 0.615. The van der Waals surface area contributed by atoms with E-state index < -0.39 is 0 Å². The molecule has 0 radical (unpaired) electrons. The number of fused-ring (bicyclic) bond motifs is 1. The van der Waals surface area contributed by atoms with Gasteiger partial charge < -0.3 is 5.73 Å². The minimum atomic E-state index is 0.615. The molecule has 0 amide bonds. The van der Waals surface area contributed by atoms with Gasteiger partial charge in [0.15, 0.2) is 5.65 Å². The number of hydrogen-bond acceptors (Lipinski definition) is 3. The number of rotatable bonds is 6. The van der Waals surface area contributed by atoms with E-state index in [9.17, 15) is 0 Å². The molecule has 18 heavy (non-hydrogen) atoms. The Bertz CT molecular complexity index is 523. The van der Waals surface area contributed by atoms with E-state index in [1.807, 2.05) is 11.6 Å². The number of aryl methyl sites for hydroxylation is 3. The van der Waals surface area contributed by atoms with Crippen LogP contribution in [0.15, 0.2) is 0 Å². The molecule has 0 aliphatic carbocycles. The lowest BCUT2D eigenvalue weighted by atomic mass is 10.2. The van der Waals surface area contributed by atoms with E-state index in [1.54, 1.807) is 0 Å². The fourth-order valence-electron chi connectivity index (χ4n) is 2.38. The summed E-state index contributed by atoms with van der Waals surface area (Å²) in [4.78, 5) is 4.44. The molecule has 0 fully saturated rings. The van der Waals surface area contributed by atoms with Crippen LogP contribution in [0.25, 0.3) is 11.2 Å². The Balaban J connectivity index is 2.27. The zero-order valence-electron chi connectivity index (χ0n) is 11.6. The van der Waals surface area contributed by atoms with Gasteiger partial charge in [-0.15, -0.1) is 0 Å². The summed E-state index contributed by atoms with van der Waals surface area (Å²) in [6.45, 7) is 8.09. The predicted molar refractivity (Wildman–Crippen MR) is 74.5 cm³/mol. The van der Waals surface area contributed by atoms with Crippen molar-refractivity contribution >= 4 is 17.1 Å². The molecule has 0 aliphatic rings. The molecule has 0 saturated carbocycles. The molecule has 2 rings (SSSR count). The lowest BCUT2D eigenvalue weighted by molar-refractivity contribution is 0.576. The van der Waals surface area contributed by atoms with Gasteiger partial charge in [0.2, 0.25) is 5.95 Å². The van der Waals surface area contributed by atoms with Crippen molar-refractivity contribution in [1.82, 2.24) is 19.3 Å².